The van der Waals surface area contributed by atoms with Gasteiger partial charge < -0.3 is 14.6 Å². The molecule has 0 saturated carbocycles. The monoisotopic (exact) mass is 374 g/mol. The number of fused-ring (bicyclic) bond motifs is 1. The summed E-state index contributed by atoms with van der Waals surface area (Å²) in [5.74, 6) is -0.518. The van der Waals surface area contributed by atoms with Crippen molar-refractivity contribution in [2.45, 2.75) is 0 Å². The van der Waals surface area contributed by atoms with Crippen LogP contribution in [-0.4, -0.2) is 21.2 Å². The molecule has 1 aromatic heterocycles. The lowest BCUT2D eigenvalue weighted by molar-refractivity contribution is -0.398. The second-order valence-corrected chi connectivity index (χ2v) is 5.90. The van der Waals surface area contributed by atoms with Gasteiger partial charge in [0.15, 0.2) is 5.58 Å². The molecule has 8 heteroatoms. The predicted molar refractivity (Wildman–Crippen MR) is 101 cm³/mol. The quantitative estimate of drug-likeness (QED) is 0.328. The Morgan fingerprint density at radius 1 is 1.11 bits per heavy atom. The maximum absolute atomic E-state index is 12.1. The molecule has 0 bridgehead atoms. The van der Waals surface area contributed by atoms with Crippen LogP contribution >= 0.6 is 0 Å². The maximum Gasteiger partial charge on any atom is 0.262 e. The molecule has 0 unspecified atom stereocenters. The number of nitro benzene ring substituents is 1. The lowest BCUT2D eigenvalue weighted by Crippen LogP contribution is -2.01. The number of phenolic OH excluding ortho intramolecular Hbond substituents is 1. The summed E-state index contributed by atoms with van der Waals surface area (Å²) in [5.41, 5.74) is 1.57. The van der Waals surface area contributed by atoms with E-state index in [9.17, 15) is 20.3 Å². The molecule has 4 aromatic rings. The number of hydrogen-bond acceptors (Lipinski definition) is 7. The Morgan fingerprint density at radius 3 is 2.71 bits per heavy atom. The molecule has 1 N–H and O–H groups in total. The Kier molecular flexibility index (Phi) is 4.21. The van der Waals surface area contributed by atoms with Crippen LogP contribution in [0.1, 0.15) is 5.56 Å². The van der Waals surface area contributed by atoms with Crippen molar-refractivity contribution in [3.63, 3.8) is 0 Å². The highest BCUT2D eigenvalue weighted by Gasteiger charge is 2.13. The summed E-state index contributed by atoms with van der Waals surface area (Å²) >= 11 is 0. The molecule has 0 radical (unpaired) electrons. The minimum atomic E-state index is -0.731. The molecule has 8 nitrogen and oxygen atoms in total. The van der Waals surface area contributed by atoms with E-state index < -0.39 is 16.4 Å². The molecule has 0 aliphatic heterocycles. The van der Waals surface area contributed by atoms with Gasteiger partial charge in [-0.1, -0.05) is 24.3 Å². The number of oxazole rings is 1. The molecular weight excluding hydrogens is 362 g/mol. The van der Waals surface area contributed by atoms with Crippen molar-refractivity contribution in [1.82, 2.24) is 4.98 Å². The van der Waals surface area contributed by atoms with Crippen molar-refractivity contribution < 1.29 is 19.6 Å². The first-order chi connectivity index (χ1) is 13.5. The van der Waals surface area contributed by atoms with Crippen molar-refractivity contribution in [3.8, 4) is 23.0 Å². The number of para-hydroxylation sites is 3. The van der Waals surface area contributed by atoms with E-state index in [1.807, 2.05) is 12.1 Å². The number of rotatable bonds is 4. The van der Waals surface area contributed by atoms with Gasteiger partial charge in [-0.2, -0.15) is 0 Å². The largest absolute Gasteiger partial charge is 0.867 e. The molecule has 0 saturated heterocycles. The van der Waals surface area contributed by atoms with E-state index in [-0.39, 0.29) is 17.2 Å². The topological polar surface area (TPSA) is 125 Å². The average Bonchev–Trinajstić information content (AvgIpc) is 3.12. The van der Waals surface area contributed by atoms with Crippen LogP contribution in [0, 0.1) is 10.1 Å². The van der Waals surface area contributed by atoms with Gasteiger partial charge >= 0.3 is 0 Å². The van der Waals surface area contributed by atoms with Crippen molar-refractivity contribution in [3.05, 3.63) is 76.3 Å². The standard InChI is InChI=1S/C20H13N3O5/c24-17-9-8-13(21-11-12-4-3-6-16(19(12)25)23(26)27)10-14(17)20-22-15-5-1-2-7-18(15)28-20/h1-11,24-25H/p-1. The van der Waals surface area contributed by atoms with Gasteiger partial charge in [0.05, 0.1) is 16.2 Å². The van der Waals surface area contributed by atoms with Gasteiger partial charge in [-0.15, -0.1) is 0 Å². The highest BCUT2D eigenvalue weighted by Crippen LogP contribution is 2.34. The molecule has 4 rings (SSSR count). The number of aliphatic imine (C=N–C) groups is 1. The average molecular weight is 374 g/mol. The SMILES string of the molecule is O=[N+]([O-])c1cccc(C=Nc2ccc(O)c(-c3nc4ccccc4o3)c2)c1[O-]. The summed E-state index contributed by atoms with van der Waals surface area (Å²) < 4.78 is 5.67. The van der Waals surface area contributed by atoms with Crippen molar-refractivity contribution in [1.29, 1.82) is 0 Å². The zero-order valence-electron chi connectivity index (χ0n) is 14.3. The second-order valence-electron chi connectivity index (χ2n) is 5.90. The Labute approximate surface area is 158 Å². The van der Waals surface area contributed by atoms with Gasteiger partial charge in [-0.25, -0.2) is 4.98 Å². The fourth-order valence-corrected chi connectivity index (χ4v) is 2.69. The van der Waals surface area contributed by atoms with Gasteiger partial charge in [0.25, 0.3) is 5.69 Å². The Morgan fingerprint density at radius 2 is 1.93 bits per heavy atom. The Hall–Kier alpha value is -4.20. The van der Waals surface area contributed by atoms with Crippen molar-refractivity contribution >= 4 is 28.7 Å². The molecular formula is C20H12N3O5-. The predicted octanol–water partition coefficient (Wildman–Crippen LogP) is 3.93. The molecule has 138 valence electrons. The first kappa shape index (κ1) is 17.2. The molecule has 0 amide bonds. The fourth-order valence-electron chi connectivity index (χ4n) is 2.69. The van der Waals surface area contributed by atoms with E-state index in [2.05, 4.69) is 9.98 Å². The number of phenols is 1. The first-order valence-electron chi connectivity index (χ1n) is 8.20. The minimum absolute atomic E-state index is 0.0367. The molecule has 0 atom stereocenters. The van der Waals surface area contributed by atoms with E-state index in [1.54, 1.807) is 24.3 Å². The number of nitrogens with zero attached hydrogens (tertiary/aromatic N) is 3. The number of aromatic nitrogens is 1. The van der Waals surface area contributed by atoms with Crippen LogP contribution in [0.4, 0.5) is 11.4 Å². The van der Waals surface area contributed by atoms with Crippen LogP contribution in [0.15, 0.2) is 70.1 Å². The highest BCUT2D eigenvalue weighted by atomic mass is 16.6. The number of benzene rings is 3. The third-order valence-electron chi connectivity index (χ3n) is 4.08. The molecule has 0 aliphatic rings. The van der Waals surface area contributed by atoms with E-state index >= 15 is 0 Å². The summed E-state index contributed by atoms with van der Waals surface area (Å²) in [4.78, 5) is 18.7. The third-order valence-corrected chi connectivity index (χ3v) is 4.08. The van der Waals surface area contributed by atoms with Gasteiger partial charge in [0.2, 0.25) is 5.89 Å². The third kappa shape index (κ3) is 3.14. The van der Waals surface area contributed by atoms with Crippen molar-refractivity contribution in [2.24, 2.45) is 4.99 Å². The fraction of sp³-hybridized carbons (Fsp3) is 0. The van der Waals surface area contributed by atoms with Gasteiger partial charge in [0, 0.05) is 12.3 Å². The van der Waals surface area contributed by atoms with Crippen LogP contribution in [0.25, 0.3) is 22.6 Å². The maximum atomic E-state index is 12.1. The molecule has 0 fully saturated rings. The normalized spacial score (nSPS) is 11.3. The van der Waals surface area contributed by atoms with Crippen LogP contribution in [0.5, 0.6) is 11.5 Å². The summed E-state index contributed by atoms with van der Waals surface area (Å²) in [5, 5.41) is 33.1. The van der Waals surface area contributed by atoms with E-state index in [0.29, 0.717) is 22.4 Å². The highest BCUT2D eigenvalue weighted by molar-refractivity contribution is 5.87. The smallest absolute Gasteiger partial charge is 0.262 e. The Bertz CT molecular complexity index is 1200. The van der Waals surface area contributed by atoms with Gasteiger partial charge in [-0.05, 0) is 41.6 Å². The molecule has 1 heterocycles. The lowest BCUT2D eigenvalue weighted by atomic mass is 10.1. The molecule has 0 spiro atoms. The number of hydrogen-bond donors (Lipinski definition) is 1. The van der Waals surface area contributed by atoms with Gasteiger partial charge in [0.1, 0.15) is 11.3 Å². The van der Waals surface area contributed by atoms with E-state index in [0.717, 1.165) is 6.07 Å². The molecule has 3 aromatic carbocycles. The summed E-state index contributed by atoms with van der Waals surface area (Å²) in [6, 6.07) is 15.7. The summed E-state index contributed by atoms with van der Waals surface area (Å²) in [6.07, 6.45) is 1.25. The summed E-state index contributed by atoms with van der Waals surface area (Å²) in [6.45, 7) is 0. The number of nitro groups is 1. The minimum Gasteiger partial charge on any atom is -0.867 e. The van der Waals surface area contributed by atoms with E-state index in [1.165, 1.54) is 24.4 Å². The van der Waals surface area contributed by atoms with E-state index in [4.69, 9.17) is 4.42 Å². The van der Waals surface area contributed by atoms with Crippen LogP contribution in [0.2, 0.25) is 0 Å². The van der Waals surface area contributed by atoms with Crippen LogP contribution in [-0.2, 0) is 0 Å². The lowest BCUT2D eigenvalue weighted by Gasteiger charge is -2.09. The van der Waals surface area contributed by atoms with Gasteiger partial charge in [-0.3, -0.25) is 15.1 Å². The summed E-state index contributed by atoms with van der Waals surface area (Å²) in [7, 11) is 0. The Balaban J connectivity index is 1.71. The molecule has 28 heavy (non-hydrogen) atoms. The molecule has 0 aliphatic carbocycles. The van der Waals surface area contributed by atoms with Crippen LogP contribution in [0.3, 0.4) is 0 Å². The zero-order valence-corrected chi connectivity index (χ0v) is 14.3. The zero-order chi connectivity index (χ0) is 19.7. The van der Waals surface area contributed by atoms with Crippen LogP contribution < -0.4 is 5.11 Å². The van der Waals surface area contributed by atoms with Crippen molar-refractivity contribution in [2.75, 3.05) is 0 Å². The second kappa shape index (κ2) is 6.84. The number of aromatic hydroxyl groups is 1. The first-order valence-corrected chi connectivity index (χ1v) is 8.20.